The average Bonchev–Trinajstić information content (AvgIpc) is 3.10. The summed E-state index contributed by atoms with van der Waals surface area (Å²) in [6.07, 6.45) is 5.49. The van der Waals surface area contributed by atoms with E-state index < -0.39 is 0 Å². The molecule has 1 saturated heterocycles. The number of likely N-dealkylation sites (tertiary alicyclic amines) is 1. The highest BCUT2D eigenvalue weighted by Crippen LogP contribution is 2.33. The van der Waals surface area contributed by atoms with Crippen LogP contribution in [-0.2, 0) is 6.54 Å². The summed E-state index contributed by atoms with van der Waals surface area (Å²) in [7, 11) is 1.66. The van der Waals surface area contributed by atoms with Crippen molar-refractivity contribution < 1.29 is 9.53 Å². The second-order valence-corrected chi connectivity index (χ2v) is 5.65. The van der Waals surface area contributed by atoms with Crippen molar-refractivity contribution in [3.8, 4) is 5.75 Å². The number of rotatable bonds is 4. The minimum absolute atomic E-state index is 0.0285. The van der Waals surface area contributed by atoms with Gasteiger partial charge in [0.2, 0.25) is 0 Å². The zero-order chi connectivity index (χ0) is 16.1. The summed E-state index contributed by atoms with van der Waals surface area (Å²) in [6.45, 7) is 1.27. The minimum atomic E-state index is -0.0285. The molecule has 1 aliphatic rings. The summed E-state index contributed by atoms with van der Waals surface area (Å²) in [5.74, 6) is 0.824. The molecule has 0 aliphatic carbocycles. The van der Waals surface area contributed by atoms with E-state index in [2.05, 4.69) is 16.4 Å². The number of nitrogens with one attached hydrogen (secondary N) is 1. The quantitative estimate of drug-likeness (QED) is 0.944. The van der Waals surface area contributed by atoms with Crippen LogP contribution in [0.5, 0.6) is 5.75 Å². The van der Waals surface area contributed by atoms with E-state index in [-0.39, 0.29) is 12.1 Å². The number of carbonyl (C=O) groups is 1. The van der Waals surface area contributed by atoms with Crippen LogP contribution in [0.4, 0.5) is 4.79 Å². The maximum atomic E-state index is 12.5. The van der Waals surface area contributed by atoms with E-state index in [9.17, 15) is 4.79 Å². The van der Waals surface area contributed by atoms with Gasteiger partial charge in [-0.2, -0.15) is 0 Å². The Bertz CT molecular complexity index is 660. The van der Waals surface area contributed by atoms with Crippen LogP contribution < -0.4 is 10.1 Å². The first-order chi connectivity index (χ1) is 11.3. The van der Waals surface area contributed by atoms with Gasteiger partial charge in [-0.15, -0.1) is 0 Å². The third-order valence-corrected chi connectivity index (χ3v) is 4.16. The summed E-state index contributed by atoms with van der Waals surface area (Å²) >= 11 is 0. The second kappa shape index (κ2) is 7.13. The summed E-state index contributed by atoms with van der Waals surface area (Å²) in [4.78, 5) is 18.5. The number of ether oxygens (including phenoxy) is 1. The fourth-order valence-electron chi connectivity index (χ4n) is 2.99. The number of nitrogens with zero attached hydrogens (tertiary/aromatic N) is 2. The number of aromatic nitrogens is 1. The largest absolute Gasteiger partial charge is 0.497 e. The van der Waals surface area contributed by atoms with E-state index in [0.717, 1.165) is 36.3 Å². The summed E-state index contributed by atoms with van der Waals surface area (Å²) in [5.41, 5.74) is 2.12. The van der Waals surface area contributed by atoms with Gasteiger partial charge < -0.3 is 15.0 Å². The molecular formula is C18H21N3O2. The van der Waals surface area contributed by atoms with Crippen molar-refractivity contribution >= 4 is 6.03 Å². The molecule has 1 aromatic heterocycles. The van der Waals surface area contributed by atoms with E-state index in [0.29, 0.717) is 6.54 Å². The van der Waals surface area contributed by atoms with Gasteiger partial charge in [0.05, 0.1) is 13.2 Å². The standard InChI is InChI=1S/C18H21N3O2/c1-23-16-7-2-6-15(11-16)17-8-4-10-21(17)18(22)20-13-14-5-3-9-19-12-14/h2-3,5-7,9,11-12,17H,4,8,10,13H2,1H3,(H,20,22). The number of methoxy groups -OCH3 is 1. The fourth-order valence-corrected chi connectivity index (χ4v) is 2.99. The molecule has 1 atom stereocenters. The Balaban J connectivity index is 1.67. The van der Waals surface area contributed by atoms with Crippen LogP contribution in [0, 0.1) is 0 Å². The van der Waals surface area contributed by atoms with E-state index in [1.807, 2.05) is 35.2 Å². The Morgan fingerprint density at radius 3 is 3.09 bits per heavy atom. The highest BCUT2D eigenvalue weighted by molar-refractivity contribution is 5.75. The fraction of sp³-hybridized carbons (Fsp3) is 0.333. The van der Waals surface area contributed by atoms with Crippen LogP contribution in [0.25, 0.3) is 0 Å². The van der Waals surface area contributed by atoms with Crippen molar-refractivity contribution in [2.75, 3.05) is 13.7 Å². The lowest BCUT2D eigenvalue weighted by Crippen LogP contribution is -2.39. The first-order valence-corrected chi connectivity index (χ1v) is 7.85. The Hall–Kier alpha value is -2.56. The lowest BCUT2D eigenvalue weighted by molar-refractivity contribution is 0.192. The third kappa shape index (κ3) is 3.62. The van der Waals surface area contributed by atoms with Gasteiger partial charge in [-0.1, -0.05) is 18.2 Å². The number of hydrogen-bond donors (Lipinski definition) is 1. The Morgan fingerprint density at radius 2 is 2.30 bits per heavy atom. The summed E-state index contributed by atoms with van der Waals surface area (Å²) in [6, 6.07) is 11.9. The highest BCUT2D eigenvalue weighted by Gasteiger charge is 2.29. The first kappa shape index (κ1) is 15.3. The first-order valence-electron chi connectivity index (χ1n) is 7.85. The summed E-state index contributed by atoms with van der Waals surface area (Å²) < 4.78 is 5.29. The van der Waals surface area contributed by atoms with Crippen LogP contribution in [-0.4, -0.2) is 29.6 Å². The number of pyridine rings is 1. The molecule has 2 amide bonds. The number of urea groups is 1. The van der Waals surface area contributed by atoms with Gasteiger partial charge in [0, 0.05) is 25.5 Å². The molecule has 1 unspecified atom stereocenters. The zero-order valence-electron chi connectivity index (χ0n) is 13.2. The normalized spacial score (nSPS) is 17.1. The van der Waals surface area contributed by atoms with Crippen LogP contribution >= 0.6 is 0 Å². The topological polar surface area (TPSA) is 54.5 Å². The molecule has 5 nitrogen and oxygen atoms in total. The molecular weight excluding hydrogens is 290 g/mol. The van der Waals surface area contributed by atoms with Gasteiger partial charge in [0.25, 0.3) is 0 Å². The molecule has 0 spiro atoms. The lowest BCUT2D eigenvalue weighted by Gasteiger charge is -2.25. The molecule has 1 fully saturated rings. The molecule has 23 heavy (non-hydrogen) atoms. The van der Waals surface area contributed by atoms with Gasteiger partial charge in [-0.25, -0.2) is 4.79 Å². The number of hydrogen-bond acceptors (Lipinski definition) is 3. The van der Waals surface area contributed by atoms with E-state index >= 15 is 0 Å². The lowest BCUT2D eigenvalue weighted by atomic mass is 10.0. The number of amides is 2. The monoisotopic (exact) mass is 311 g/mol. The van der Waals surface area contributed by atoms with Crippen molar-refractivity contribution in [2.24, 2.45) is 0 Å². The molecule has 0 bridgehead atoms. The van der Waals surface area contributed by atoms with Gasteiger partial charge >= 0.3 is 6.03 Å². The van der Waals surface area contributed by atoms with Gasteiger partial charge in [0.1, 0.15) is 5.75 Å². The Morgan fingerprint density at radius 1 is 1.39 bits per heavy atom. The number of carbonyl (C=O) groups excluding carboxylic acids is 1. The molecule has 2 aromatic rings. The van der Waals surface area contributed by atoms with Crippen LogP contribution in [0.2, 0.25) is 0 Å². The van der Waals surface area contributed by atoms with E-state index in [1.54, 1.807) is 19.5 Å². The Labute approximate surface area is 136 Å². The van der Waals surface area contributed by atoms with Gasteiger partial charge in [-0.05, 0) is 42.2 Å². The van der Waals surface area contributed by atoms with Crippen LogP contribution in [0.15, 0.2) is 48.8 Å². The minimum Gasteiger partial charge on any atom is -0.497 e. The predicted molar refractivity (Wildman–Crippen MR) is 88.1 cm³/mol. The van der Waals surface area contributed by atoms with Crippen LogP contribution in [0.1, 0.15) is 30.0 Å². The van der Waals surface area contributed by atoms with Gasteiger partial charge in [0.15, 0.2) is 0 Å². The maximum Gasteiger partial charge on any atom is 0.318 e. The van der Waals surface area contributed by atoms with Crippen molar-refractivity contribution in [3.05, 3.63) is 59.9 Å². The molecule has 3 rings (SSSR count). The second-order valence-electron chi connectivity index (χ2n) is 5.65. The van der Waals surface area contributed by atoms with Gasteiger partial charge in [-0.3, -0.25) is 4.98 Å². The molecule has 1 aromatic carbocycles. The van der Waals surface area contributed by atoms with E-state index in [4.69, 9.17) is 4.74 Å². The molecule has 1 N–H and O–H groups in total. The van der Waals surface area contributed by atoms with Crippen LogP contribution in [0.3, 0.4) is 0 Å². The smallest absolute Gasteiger partial charge is 0.318 e. The molecule has 5 heteroatoms. The SMILES string of the molecule is COc1cccc(C2CCCN2C(=O)NCc2cccnc2)c1. The Kier molecular flexibility index (Phi) is 4.76. The van der Waals surface area contributed by atoms with Crippen molar-refractivity contribution in [1.82, 2.24) is 15.2 Å². The third-order valence-electron chi connectivity index (χ3n) is 4.16. The molecule has 0 radical (unpaired) electrons. The molecule has 1 aliphatic heterocycles. The predicted octanol–water partition coefficient (Wildman–Crippen LogP) is 3.14. The molecule has 0 saturated carbocycles. The van der Waals surface area contributed by atoms with Crippen molar-refractivity contribution in [2.45, 2.75) is 25.4 Å². The highest BCUT2D eigenvalue weighted by atomic mass is 16.5. The maximum absolute atomic E-state index is 12.5. The van der Waals surface area contributed by atoms with E-state index in [1.165, 1.54) is 0 Å². The zero-order valence-corrected chi connectivity index (χ0v) is 13.2. The number of benzene rings is 1. The molecule has 120 valence electrons. The summed E-state index contributed by atoms with van der Waals surface area (Å²) in [5, 5.41) is 2.98. The molecule has 2 heterocycles. The van der Waals surface area contributed by atoms with Crippen molar-refractivity contribution in [1.29, 1.82) is 0 Å². The van der Waals surface area contributed by atoms with Crippen molar-refractivity contribution in [3.63, 3.8) is 0 Å². The average molecular weight is 311 g/mol.